The number of sulfonamides is 1. The molecule has 24 heavy (non-hydrogen) atoms. The van der Waals surface area contributed by atoms with Crippen LogP contribution in [0.2, 0.25) is 5.02 Å². The first-order valence-electron chi connectivity index (χ1n) is 8.14. The first kappa shape index (κ1) is 19.2. The molecular weight excluding hydrogens is 350 g/mol. The van der Waals surface area contributed by atoms with E-state index in [4.69, 9.17) is 11.6 Å². The van der Waals surface area contributed by atoms with Gasteiger partial charge < -0.3 is 10.2 Å². The molecule has 1 aliphatic rings. The summed E-state index contributed by atoms with van der Waals surface area (Å²) in [4.78, 5) is 14.6. The van der Waals surface area contributed by atoms with E-state index in [9.17, 15) is 13.2 Å². The third-order valence-corrected chi connectivity index (χ3v) is 5.86. The van der Waals surface area contributed by atoms with Crippen LogP contribution in [-0.4, -0.2) is 50.9 Å². The average molecular weight is 374 g/mol. The summed E-state index contributed by atoms with van der Waals surface area (Å²) in [6.45, 7) is 5.84. The molecule has 1 fully saturated rings. The van der Waals surface area contributed by atoms with Gasteiger partial charge in [0, 0.05) is 24.2 Å². The number of carbonyl (C=O) groups excluding carboxylic acids is 1. The second-order valence-corrected chi connectivity index (χ2v) is 8.13. The SMILES string of the molecule is CCCN(C(=O)C(C)NS(=O)(=O)c1ccc(Cl)cc1)C1CCNC1. The van der Waals surface area contributed by atoms with E-state index in [-0.39, 0.29) is 16.8 Å². The van der Waals surface area contributed by atoms with Crippen molar-refractivity contribution < 1.29 is 13.2 Å². The van der Waals surface area contributed by atoms with E-state index in [0.717, 1.165) is 25.9 Å². The number of nitrogens with one attached hydrogen (secondary N) is 2. The molecule has 6 nitrogen and oxygen atoms in total. The third-order valence-electron chi connectivity index (χ3n) is 4.05. The van der Waals surface area contributed by atoms with Gasteiger partial charge in [-0.3, -0.25) is 4.79 Å². The molecule has 2 unspecified atom stereocenters. The van der Waals surface area contributed by atoms with E-state index in [2.05, 4.69) is 10.0 Å². The Balaban J connectivity index is 2.09. The standard InChI is InChI=1S/C16H24ClN3O3S/c1-3-10-20(14-8-9-18-11-14)16(21)12(2)19-24(22,23)15-6-4-13(17)5-7-15/h4-7,12,14,18-19H,3,8-11H2,1-2H3. The third kappa shape index (κ3) is 4.69. The van der Waals surface area contributed by atoms with Gasteiger partial charge in [0.1, 0.15) is 0 Å². The molecule has 8 heteroatoms. The lowest BCUT2D eigenvalue weighted by atomic mass is 10.1. The van der Waals surface area contributed by atoms with Crippen molar-refractivity contribution in [3.8, 4) is 0 Å². The van der Waals surface area contributed by atoms with Gasteiger partial charge in [0.25, 0.3) is 0 Å². The number of amides is 1. The largest absolute Gasteiger partial charge is 0.337 e. The number of hydrogen-bond acceptors (Lipinski definition) is 4. The number of hydrogen-bond donors (Lipinski definition) is 2. The first-order valence-corrected chi connectivity index (χ1v) is 10.0. The van der Waals surface area contributed by atoms with Crippen LogP contribution in [0.5, 0.6) is 0 Å². The molecule has 2 atom stereocenters. The van der Waals surface area contributed by atoms with E-state index in [0.29, 0.717) is 11.6 Å². The fourth-order valence-corrected chi connectivity index (χ4v) is 4.16. The molecule has 0 saturated carbocycles. The maximum absolute atomic E-state index is 12.7. The Kier molecular flexibility index (Phi) is 6.62. The van der Waals surface area contributed by atoms with Crippen molar-refractivity contribution in [3.05, 3.63) is 29.3 Å². The molecule has 2 N–H and O–H groups in total. The monoisotopic (exact) mass is 373 g/mol. The molecule has 0 aromatic heterocycles. The number of rotatable bonds is 7. The van der Waals surface area contributed by atoms with Crippen molar-refractivity contribution in [2.24, 2.45) is 0 Å². The summed E-state index contributed by atoms with van der Waals surface area (Å²) in [5.74, 6) is -0.192. The zero-order chi connectivity index (χ0) is 17.7. The summed E-state index contributed by atoms with van der Waals surface area (Å²) >= 11 is 5.79. The van der Waals surface area contributed by atoms with Crippen LogP contribution in [0, 0.1) is 0 Å². The molecule has 1 saturated heterocycles. The highest BCUT2D eigenvalue weighted by molar-refractivity contribution is 7.89. The van der Waals surface area contributed by atoms with Crippen molar-refractivity contribution in [3.63, 3.8) is 0 Å². The van der Waals surface area contributed by atoms with Gasteiger partial charge in [-0.2, -0.15) is 4.72 Å². The highest BCUT2D eigenvalue weighted by Crippen LogP contribution is 2.16. The van der Waals surface area contributed by atoms with E-state index < -0.39 is 16.1 Å². The molecular formula is C16H24ClN3O3S. The Labute approximate surface area is 148 Å². The molecule has 1 aromatic rings. The van der Waals surface area contributed by atoms with Gasteiger partial charge in [-0.15, -0.1) is 0 Å². The summed E-state index contributed by atoms with van der Waals surface area (Å²) in [6.07, 6.45) is 1.72. The number of benzene rings is 1. The van der Waals surface area contributed by atoms with Gasteiger partial charge >= 0.3 is 0 Å². The van der Waals surface area contributed by atoms with Gasteiger partial charge in [0.2, 0.25) is 15.9 Å². The summed E-state index contributed by atoms with van der Waals surface area (Å²) in [6, 6.07) is 5.17. The van der Waals surface area contributed by atoms with Crippen LogP contribution in [-0.2, 0) is 14.8 Å². The van der Waals surface area contributed by atoms with Crippen LogP contribution in [0.25, 0.3) is 0 Å². The Morgan fingerprint density at radius 3 is 2.62 bits per heavy atom. The Bertz CT molecular complexity index is 658. The summed E-state index contributed by atoms with van der Waals surface area (Å²) < 4.78 is 27.3. The summed E-state index contributed by atoms with van der Waals surface area (Å²) in [5.41, 5.74) is 0. The lowest BCUT2D eigenvalue weighted by Crippen LogP contribution is -2.51. The van der Waals surface area contributed by atoms with Gasteiger partial charge in [0.15, 0.2) is 0 Å². The maximum Gasteiger partial charge on any atom is 0.241 e. The second kappa shape index (κ2) is 8.29. The predicted molar refractivity (Wildman–Crippen MR) is 94.5 cm³/mol. The van der Waals surface area contributed by atoms with Gasteiger partial charge in [-0.05, 0) is 50.6 Å². The first-order chi connectivity index (χ1) is 11.3. The molecule has 0 radical (unpaired) electrons. The van der Waals surface area contributed by atoms with Crippen LogP contribution < -0.4 is 10.0 Å². The van der Waals surface area contributed by atoms with E-state index in [1.54, 1.807) is 11.8 Å². The number of carbonyl (C=O) groups is 1. The van der Waals surface area contributed by atoms with Crippen molar-refractivity contribution in [1.82, 2.24) is 14.9 Å². The van der Waals surface area contributed by atoms with Gasteiger partial charge in [0.05, 0.1) is 10.9 Å². The molecule has 0 spiro atoms. The minimum absolute atomic E-state index is 0.0936. The predicted octanol–water partition coefficient (Wildman–Crippen LogP) is 1.61. The average Bonchev–Trinajstić information content (AvgIpc) is 3.06. The van der Waals surface area contributed by atoms with Crippen LogP contribution in [0.15, 0.2) is 29.2 Å². The highest BCUT2D eigenvalue weighted by atomic mass is 35.5. The molecule has 2 rings (SSSR count). The summed E-state index contributed by atoms with van der Waals surface area (Å²) in [5, 5.41) is 3.70. The molecule has 0 aliphatic carbocycles. The fourth-order valence-electron chi connectivity index (χ4n) is 2.83. The molecule has 1 heterocycles. The lowest BCUT2D eigenvalue weighted by molar-refractivity contribution is -0.134. The van der Waals surface area contributed by atoms with Crippen LogP contribution in [0.4, 0.5) is 0 Å². The zero-order valence-electron chi connectivity index (χ0n) is 14.0. The van der Waals surface area contributed by atoms with E-state index in [1.165, 1.54) is 24.3 Å². The minimum atomic E-state index is -3.77. The minimum Gasteiger partial charge on any atom is -0.337 e. The van der Waals surface area contributed by atoms with E-state index in [1.807, 2.05) is 6.92 Å². The molecule has 1 aliphatic heterocycles. The highest BCUT2D eigenvalue weighted by Gasteiger charge is 2.31. The molecule has 134 valence electrons. The number of nitrogens with zero attached hydrogens (tertiary/aromatic N) is 1. The van der Waals surface area contributed by atoms with Crippen LogP contribution in [0.1, 0.15) is 26.7 Å². The van der Waals surface area contributed by atoms with E-state index >= 15 is 0 Å². The molecule has 1 amide bonds. The maximum atomic E-state index is 12.7. The fraction of sp³-hybridized carbons (Fsp3) is 0.562. The topological polar surface area (TPSA) is 78.5 Å². The van der Waals surface area contributed by atoms with Crippen molar-refractivity contribution in [2.45, 2.75) is 43.7 Å². The van der Waals surface area contributed by atoms with Crippen molar-refractivity contribution in [1.29, 1.82) is 0 Å². The van der Waals surface area contributed by atoms with Crippen LogP contribution >= 0.6 is 11.6 Å². The smallest absolute Gasteiger partial charge is 0.241 e. The second-order valence-electron chi connectivity index (χ2n) is 5.98. The van der Waals surface area contributed by atoms with Crippen molar-refractivity contribution >= 4 is 27.5 Å². The van der Waals surface area contributed by atoms with Gasteiger partial charge in [-0.1, -0.05) is 18.5 Å². The zero-order valence-corrected chi connectivity index (χ0v) is 15.5. The number of halogens is 1. The van der Waals surface area contributed by atoms with Gasteiger partial charge in [-0.25, -0.2) is 8.42 Å². The molecule has 1 aromatic carbocycles. The van der Waals surface area contributed by atoms with Crippen molar-refractivity contribution in [2.75, 3.05) is 19.6 Å². The Hall–Kier alpha value is -1.15. The quantitative estimate of drug-likeness (QED) is 0.761. The Morgan fingerprint density at radius 2 is 2.08 bits per heavy atom. The Morgan fingerprint density at radius 1 is 1.42 bits per heavy atom. The molecule has 0 bridgehead atoms. The summed E-state index contributed by atoms with van der Waals surface area (Å²) in [7, 11) is -3.77. The normalized spacial score (nSPS) is 19.2. The van der Waals surface area contributed by atoms with Crippen LogP contribution in [0.3, 0.4) is 0 Å². The lowest BCUT2D eigenvalue weighted by Gasteiger charge is -2.31.